The van der Waals surface area contributed by atoms with E-state index in [2.05, 4.69) is 13.8 Å². The first-order chi connectivity index (χ1) is 11.7. The number of unbranched alkanes of at least 4 members (excludes halogenated alkanes) is 4. The van der Waals surface area contributed by atoms with E-state index in [4.69, 9.17) is 9.47 Å². The summed E-state index contributed by atoms with van der Waals surface area (Å²) in [5.74, 6) is -1.26. The van der Waals surface area contributed by atoms with E-state index in [9.17, 15) is 9.59 Å². The highest BCUT2D eigenvalue weighted by Gasteiger charge is 1.97. The molecule has 4 heteroatoms. The second-order valence-corrected chi connectivity index (χ2v) is 5.00. The number of hydrogen-bond acceptors (Lipinski definition) is 4. The Morgan fingerprint density at radius 3 is 1.50 bits per heavy atom. The molecule has 132 valence electrons. The van der Waals surface area contributed by atoms with Gasteiger partial charge >= 0.3 is 11.9 Å². The molecule has 0 fully saturated rings. The Hall–Kier alpha value is -2.36. The lowest BCUT2D eigenvalue weighted by Gasteiger charge is -1.93. The van der Waals surface area contributed by atoms with Gasteiger partial charge in [-0.15, -0.1) is 0 Å². The van der Waals surface area contributed by atoms with E-state index in [1.807, 2.05) is 24.3 Å². The van der Waals surface area contributed by atoms with Gasteiger partial charge < -0.3 is 9.47 Å². The van der Waals surface area contributed by atoms with Gasteiger partial charge in [0.25, 0.3) is 0 Å². The summed E-state index contributed by atoms with van der Waals surface area (Å²) >= 11 is 0. The molecule has 0 aliphatic rings. The standard InChI is InChI=1S/C20H28O4/c1-3-5-7-9-11-13-17-23-19(21)15-16-20(22)24-18-14-12-10-8-6-4-2/h9-18H,3-8H2,1-2H3/b11-9?,12-10?,16-15+,17-13?,18-14?. The first kappa shape index (κ1) is 21.6. The van der Waals surface area contributed by atoms with Crippen molar-refractivity contribution in [3.05, 3.63) is 61.1 Å². The van der Waals surface area contributed by atoms with E-state index >= 15 is 0 Å². The van der Waals surface area contributed by atoms with Crippen LogP contribution in [0.25, 0.3) is 0 Å². The predicted molar refractivity (Wildman–Crippen MR) is 96.9 cm³/mol. The maximum Gasteiger partial charge on any atom is 0.335 e. The summed E-state index contributed by atoms with van der Waals surface area (Å²) < 4.78 is 9.57. The summed E-state index contributed by atoms with van der Waals surface area (Å²) in [5.41, 5.74) is 0. The van der Waals surface area contributed by atoms with Crippen molar-refractivity contribution < 1.29 is 19.1 Å². The van der Waals surface area contributed by atoms with Gasteiger partial charge in [-0.3, -0.25) is 0 Å². The van der Waals surface area contributed by atoms with E-state index in [1.165, 1.54) is 12.5 Å². The third kappa shape index (κ3) is 16.0. The molecule has 0 aromatic carbocycles. The number of carbonyl (C=O) groups excluding carboxylic acids is 2. The SMILES string of the molecule is CCCCC=CC=COC(=O)/C=C/C(=O)OC=CC=CCCCC. The van der Waals surface area contributed by atoms with Crippen LogP contribution >= 0.6 is 0 Å². The topological polar surface area (TPSA) is 52.6 Å². The predicted octanol–water partition coefficient (Wildman–Crippen LogP) is 5.15. The summed E-state index contributed by atoms with van der Waals surface area (Å²) in [6, 6.07) is 0. The van der Waals surface area contributed by atoms with Crippen LogP contribution in [0.5, 0.6) is 0 Å². The third-order valence-corrected chi connectivity index (χ3v) is 2.82. The molecule has 0 radical (unpaired) electrons. The lowest BCUT2D eigenvalue weighted by atomic mass is 10.2. The molecule has 0 aromatic heterocycles. The largest absolute Gasteiger partial charge is 0.431 e. The highest BCUT2D eigenvalue weighted by Crippen LogP contribution is 1.96. The van der Waals surface area contributed by atoms with Gasteiger partial charge in [0.15, 0.2) is 0 Å². The van der Waals surface area contributed by atoms with E-state index in [-0.39, 0.29) is 0 Å². The monoisotopic (exact) mass is 332 g/mol. The molecule has 0 atom stereocenters. The molecular weight excluding hydrogens is 304 g/mol. The number of carbonyl (C=O) groups is 2. The van der Waals surface area contributed by atoms with Gasteiger partial charge in [0.05, 0.1) is 12.5 Å². The number of ether oxygens (including phenoxy) is 2. The van der Waals surface area contributed by atoms with Crippen LogP contribution in [0.15, 0.2) is 61.1 Å². The van der Waals surface area contributed by atoms with Crippen molar-refractivity contribution >= 4 is 11.9 Å². The van der Waals surface area contributed by atoms with Crippen LogP contribution in [0.1, 0.15) is 52.4 Å². The zero-order chi connectivity index (χ0) is 17.9. The van der Waals surface area contributed by atoms with Crippen LogP contribution in [0.2, 0.25) is 0 Å². The molecule has 24 heavy (non-hydrogen) atoms. The first-order valence-corrected chi connectivity index (χ1v) is 8.43. The minimum Gasteiger partial charge on any atom is -0.431 e. The number of allylic oxidation sites excluding steroid dienone is 6. The average Bonchev–Trinajstić information content (AvgIpc) is 2.58. The Balaban J connectivity index is 3.90. The van der Waals surface area contributed by atoms with Crippen LogP contribution in [0.3, 0.4) is 0 Å². The van der Waals surface area contributed by atoms with Crippen molar-refractivity contribution in [3.8, 4) is 0 Å². The molecule has 0 spiro atoms. The van der Waals surface area contributed by atoms with Crippen LogP contribution in [-0.4, -0.2) is 11.9 Å². The van der Waals surface area contributed by atoms with Gasteiger partial charge in [0.2, 0.25) is 0 Å². The van der Waals surface area contributed by atoms with Crippen molar-refractivity contribution in [1.82, 2.24) is 0 Å². The quantitative estimate of drug-likeness (QED) is 0.163. The number of esters is 2. The second-order valence-electron chi connectivity index (χ2n) is 5.00. The Morgan fingerprint density at radius 1 is 0.708 bits per heavy atom. The van der Waals surface area contributed by atoms with E-state index in [1.54, 1.807) is 12.2 Å². The molecule has 0 amide bonds. The molecule has 0 aliphatic carbocycles. The van der Waals surface area contributed by atoms with Crippen LogP contribution in [-0.2, 0) is 19.1 Å². The number of rotatable bonds is 12. The number of hydrogen-bond donors (Lipinski definition) is 0. The first-order valence-electron chi connectivity index (χ1n) is 8.43. The van der Waals surface area contributed by atoms with Crippen molar-refractivity contribution in [2.45, 2.75) is 52.4 Å². The zero-order valence-electron chi connectivity index (χ0n) is 14.6. The Morgan fingerprint density at radius 2 is 1.12 bits per heavy atom. The van der Waals surface area contributed by atoms with Gasteiger partial charge in [-0.25, -0.2) is 9.59 Å². The summed E-state index contributed by atoms with van der Waals surface area (Å²) in [4.78, 5) is 22.7. The van der Waals surface area contributed by atoms with E-state index < -0.39 is 11.9 Å². The summed E-state index contributed by atoms with van der Waals surface area (Å²) in [6.07, 6.45) is 22.1. The van der Waals surface area contributed by atoms with Crippen LogP contribution < -0.4 is 0 Å². The van der Waals surface area contributed by atoms with Crippen molar-refractivity contribution in [2.75, 3.05) is 0 Å². The van der Waals surface area contributed by atoms with Gasteiger partial charge in [-0.1, -0.05) is 63.8 Å². The highest BCUT2D eigenvalue weighted by molar-refractivity contribution is 5.92. The van der Waals surface area contributed by atoms with Crippen molar-refractivity contribution in [2.24, 2.45) is 0 Å². The van der Waals surface area contributed by atoms with E-state index in [0.29, 0.717) is 0 Å². The van der Waals surface area contributed by atoms with Gasteiger partial charge in [0, 0.05) is 12.2 Å². The molecule has 0 rings (SSSR count). The maximum atomic E-state index is 11.3. The lowest BCUT2D eigenvalue weighted by Crippen LogP contribution is -1.98. The fourth-order valence-corrected chi connectivity index (χ4v) is 1.51. The summed E-state index contributed by atoms with van der Waals surface area (Å²) in [6.45, 7) is 4.26. The lowest BCUT2D eigenvalue weighted by molar-refractivity contribution is -0.135. The highest BCUT2D eigenvalue weighted by atomic mass is 16.5. The average molecular weight is 332 g/mol. The van der Waals surface area contributed by atoms with Crippen molar-refractivity contribution in [3.63, 3.8) is 0 Å². The minimum absolute atomic E-state index is 0.631. The second kappa shape index (κ2) is 17.0. The Kier molecular flexibility index (Phi) is 15.3. The molecule has 0 saturated carbocycles. The molecule has 0 saturated heterocycles. The normalized spacial score (nSPS) is 12.2. The van der Waals surface area contributed by atoms with Gasteiger partial charge in [0.1, 0.15) is 0 Å². The Bertz CT molecular complexity index is 438. The van der Waals surface area contributed by atoms with Gasteiger partial charge in [-0.2, -0.15) is 0 Å². The van der Waals surface area contributed by atoms with Crippen molar-refractivity contribution in [1.29, 1.82) is 0 Å². The molecule has 0 unspecified atom stereocenters. The zero-order valence-corrected chi connectivity index (χ0v) is 14.6. The molecule has 0 N–H and O–H groups in total. The minimum atomic E-state index is -0.631. The maximum absolute atomic E-state index is 11.3. The smallest absolute Gasteiger partial charge is 0.335 e. The summed E-state index contributed by atoms with van der Waals surface area (Å²) in [5, 5.41) is 0. The molecule has 4 nitrogen and oxygen atoms in total. The fraction of sp³-hybridized carbons (Fsp3) is 0.400. The van der Waals surface area contributed by atoms with Crippen LogP contribution in [0, 0.1) is 0 Å². The van der Waals surface area contributed by atoms with Crippen LogP contribution in [0.4, 0.5) is 0 Å². The van der Waals surface area contributed by atoms with Gasteiger partial charge in [-0.05, 0) is 25.0 Å². The molecule has 0 aliphatic heterocycles. The molecule has 0 heterocycles. The fourth-order valence-electron chi connectivity index (χ4n) is 1.51. The molecule has 0 bridgehead atoms. The molecular formula is C20H28O4. The van der Waals surface area contributed by atoms with E-state index in [0.717, 1.165) is 50.7 Å². The Labute approximate surface area is 145 Å². The molecule has 0 aromatic rings. The third-order valence-electron chi connectivity index (χ3n) is 2.82. The summed E-state index contributed by atoms with van der Waals surface area (Å²) in [7, 11) is 0.